The van der Waals surface area contributed by atoms with E-state index in [0.717, 1.165) is 0 Å². The van der Waals surface area contributed by atoms with Crippen LogP contribution in [0, 0.1) is 15.9 Å². The number of nitro groups is 1. The van der Waals surface area contributed by atoms with Gasteiger partial charge in [-0.3, -0.25) is 10.1 Å². The fraction of sp³-hybridized carbons (Fsp3) is 0. The molecular formula is C20H10ClFN2O5. The van der Waals surface area contributed by atoms with Crippen molar-refractivity contribution in [3.05, 3.63) is 92.6 Å². The normalized spacial score (nSPS) is 14.8. The van der Waals surface area contributed by atoms with E-state index in [4.69, 9.17) is 20.8 Å². The highest BCUT2D eigenvalue weighted by molar-refractivity contribution is 6.33. The fourth-order valence-corrected chi connectivity index (χ4v) is 2.95. The van der Waals surface area contributed by atoms with E-state index in [1.165, 1.54) is 42.5 Å². The smallest absolute Gasteiger partial charge is 0.363 e. The number of cyclic esters (lactones) is 1. The van der Waals surface area contributed by atoms with Gasteiger partial charge in [-0.15, -0.1) is 0 Å². The summed E-state index contributed by atoms with van der Waals surface area (Å²) in [5, 5.41) is 11.0. The number of nitro benzene ring substituents is 1. The minimum Gasteiger partial charge on any atom is -0.457 e. The molecule has 0 radical (unpaired) electrons. The van der Waals surface area contributed by atoms with Crippen LogP contribution in [0.2, 0.25) is 5.02 Å². The number of nitrogens with zero attached hydrogens (tertiary/aromatic N) is 2. The maximum Gasteiger partial charge on any atom is 0.363 e. The first-order chi connectivity index (χ1) is 13.9. The monoisotopic (exact) mass is 412 g/mol. The van der Waals surface area contributed by atoms with Crippen LogP contribution in [-0.2, 0) is 9.53 Å². The minimum atomic E-state index is -0.699. The van der Waals surface area contributed by atoms with Crippen molar-refractivity contribution in [1.29, 1.82) is 0 Å². The Balaban J connectivity index is 1.62. The Kier molecular flexibility index (Phi) is 4.69. The van der Waals surface area contributed by atoms with E-state index in [1.54, 1.807) is 18.2 Å². The van der Waals surface area contributed by atoms with Crippen LogP contribution in [0.15, 0.2) is 69.7 Å². The van der Waals surface area contributed by atoms with Gasteiger partial charge >= 0.3 is 5.97 Å². The molecule has 4 rings (SSSR count). The number of carbonyl (C=O) groups excluding carboxylic acids is 1. The molecule has 0 fully saturated rings. The summed E-state index contributed by atoms with van der Waals surface area (Å²) in [6.07, 6.45) is 1.37. The molecule has 0 aliphatic carbocycles. The number of ether oxygens (including phenoxy) is 1. The third kappa shape index (κ3) is 3.78. The predicted molar refractivity (Wildman–Crippen MR) is 103 cm³/mol. The molecule has 9 heteroatoms. The molecule has 0 saturated carbocycles. The molecule has 1 aliphatic heterocycles. The highest BCUT2D eigenvalue weighted by Crippen LogP contribution is 2.33. The van der Waals surface area contributed by atoms with E-state index in [0.29, 0.717) is 22.6 Å². The van der Waals surface area contributed by atoms with Crippen LogP contribution in [0.3, 0.4) is 0 Å². The predicted octanol–water partition coefficient (Wildman–Crippen LogP) is 4.99. The molecule has 2 heterocycles. The summed E-state index contributed by atoms with van der Waals surface area (Å²) in [5.74, 6) is -0.529. The number of aliphatic imine (C=N–C) groups is 1. The average molecular weight is 413 g/mol. The van der Waals surface area contributed by atoms with Crippen molar-refractivity contribution in [2.45, 2.75) is 0 Å². The van der Waals surface area contributed by atoms with Gasteiger partial charge in [0.2, 0.25) is 5.90 Å². The summed E-state index contributed by atoms with van der Waals surface area (Å²) >= 11 is 6.10. The molecule has 0 amide bonds. The Morgan fingerprint density at radius 2 is 1.97 bits per heavy atom. The highest BCUT2D eigenvalue weighted by Gasteiger charge is 2.25. The summed E-state index contributed by atoms with van der Waals surface area (Å²) in [7, 11) is 0. The first-order valence-corrected chi connectivity index (χ1v) is 8.61. The second-order valence-corrected chi connectivity index (χ2v) is 6.38. The van der Waals surface area contributed by atoms with Crippen molar-refractivity contribution >= 4 is 35.2 Å². The van der Waals surface area contributed by atoms with Crippen LogP contribution in [0.5, 0.6) is 0 Å². The van der Waals surface area contributed by atoms with E-state index in [9.17, 15) is 19.3 Å². The SMILES string of the molecule is O=C1OC(c2cccc(F)c2)=N/C1=C/c1ccc(-c2ccc([N+](=O)[O-])cc2Cl)o1. The molecule has 0 N–H and O–H groups in total. The lowest BCUT2D eigenvalue weighted by Gasteiger charge is -2.00. The zero-order valence-corrected chi connectivity index (χ0v) is 15.2. The molecular weight excluding hydrogens is 403 g/mol. The molecule has 0 saturated heterocycles. The summed E-state index contributed by atoms with van der Waals surface area (Å²) in [4.78, 5) is 26.4. The molecule has 0 atom stereocenters. The van der Waals surface area contributed by atoms with E-state index in [1.807, 2.05) is 0 Å². The number of non-ortho nitro benzene ring substituents is 1. The molecule has 1 aliphatic rings. The lowest BCUT2D eigenvalue weighted by Crippen LogP contribution is -2.05. The van der Waals surface area contributed by atoms with Crippen LogP contribution in [-0.4, -0.2) is 16.8 Å². The van der Waals surface area contributed by atoms with Crippen LogP contribution < -0.4 is 0 Å². The van der Waals surface area contributed by atoms with Gasteiger partial charge in [-0.1, -0.05) is 17.7 Å². The number of benzene rings is 2. The molecule has 29 heavy (non-hydrogen) atoms. The summed E-state index contributed by atoms with van der Waals surface area (Å²) < 4.78 is 24.1. The van der Waals surface area contributed by atoms with Crippen molar-refractivity contribution in [1.82, 2.24) is 0 Å². The Morgan fingerprint density at radius 3 is 2.69 bits per heavy atom. The molecule has 7 nitrogen and oxygen atoms in total. The van der Waals surface area contributed by atoms with Crippen LogP contribution in [0.25, 0.3) is 17.4 Å². The van der Waals surface area contributed by atoms with E-state index >= 15 is 0 Å². The fourth-order valence-electron chi connectivity index (χ4n) is 2.68. The number of furan rings is 1. The molecule has 1 aromatic heterocycles. The molecule has 0 bridgehead atoms. The van der Waals surface area contributed by atoms with Gasteiger partial charge in [0, 0.05) is 29.3 Å². The number of halogens is 2. The van der Waals surface area contributed by atoms with E-state index in [-0.39, 0.29) is 22.3 Å². The highest BCUT2D eigenvalue weighted by atomic mass is 35.5. The third-order valence-corrected chi connectivity index (χ3v) is 4.34. The number of hydrogen-bond donors (Lipinski definition) is 0. The summed E-state index contributed by atoms with van der Waals surface area (Å²) in [6, 6.07) is 12.7. The summed E-state index contributed by atoms with van der Waals surface area (Å²) in [5.41, 5.74) is 0.639. The van der Waals surface area contributed by atoms with Crippen molar-refractivity contribution in [3.63, 3.8) is 0 Å². The Hall–Kier alpha value is -3.78. The average Bonchev–Trinajstić information content (AvgIpc) is 3.29. The Labute approximate surface area is 167 Å². The van der Waals surface area contributed by atoms with Gasteiger partial charge in [-0.2, -0.15) is 0 Å². The van der Waals surface area contributed by atoms with Gasteiger partial charge in [0.15, 0.2) is 5.70 Å². The second-order valence-electron chi connectivity index (χ2n) is 5.97. The lowest BCUT2D eigenvalue weighted by molar-refractivity contribution is -0.384. The number of esters is 1. The maximum absolute atomic E-state index is 13.4. The van der Waals surface area contributed by atoms with Crippen molar-refractivity contribution < 1.29 is 23.3 Å². The topological polar surface area (TPSA) is 94.9 Å². The van der Waals surface area contributed by atoms with Crippen molar-refractivity contribution in [3.8, 4) is 11.3 Å². The lowest BCUT2D eigenvalue weighted by atomic mass is 10.1. The van der Waals surface area contributed by atoms with Crippen LogP contribution >= 0.6 is 11.6 Å². The first-order valence-electron chi connectivity index (χ1n) is 8.23. The molecule has 0 unspecified atom stereocenters. The number of hydrogen-bond acceptors (Lipinski definition) is 6. The quantitative estimate of drug-likeness (QED) is 0.260. The largest absolute Gasteiger partial charge is 0.457 e. The van der Waals surface area contributed by atoms with Crippen molar-refractivity contribution in [2.75, 3.05) is 0 Å². The van der Waals surface area contributed by atoms with Gasteiger partial charge in [0.25, 0.3) is 5.69 Å². The maximum atomic E-state index is 13.4. The zero-order chi connectivity index (χ0) is 20.5. The zero-order valence-electron chi connectivity index (χ0n) is 14.5. The van der Waals surface area contributed by atoms with E-state index in [2.05, 4.69) is 4.99 Å². The van der Waals surface area contributed by atoms with Crippen LogP contribution in [0.4, 0.5) is 10.1 Å². The number of carbonyl (C=O) groups is 1. The van der Waals surface area contributed by atoms with Gasteiger partial charge in [0.05, 0.1) is 9.95 Å². The van der Waals surface area contributed by atoms with Gasteiger partial charge in [-0.25, -0.2) is 14.2 Å². The van der Waals surface area contributed by atoms with Crippen LogP contribution in [0.1, 0.15) is 11.3 Å². The molecule has 144 valence electrons. The Bertz CT molecular complexity index is 1220. The standard InChI is InChI=1S/C20H10ClFN2O5/c21-16-9-13(24(26)27)4-6-15(16)18-7-5-14(28-18)10-17-20(25)29-19(23-17)11-2-1-3-12(22)8-11/h1-10H/b17-10+. The molecule has 3 aromatic rings. The second kappa shape index (κ2) is 7.33. The minimum absolute atomic E-state index is 0.00839. The van der Waals surface area contributed by atoms with Crippen molar-refractivity contribution in [2.24, 2.45) is 4.99 Å². The molecule has 0 spiro atoms. The summed E-state index contributed by atoms with van der Waals surface area (Å²) in [6.45, 7) is 0. The van der Waals surface area contributed by atoms with Gasteiger partial charge < -0.3 is 9.15 Å². The number of rotatable bonds is 4. The molecule has 2 aromatic carbocycles. The Morgan fingerprint density at radius 1 is 1.14 bits per heavy atom. The first kappa shape index (κ1) is 18.6. The van der Waals surface area contributed by atoms with Gasteiger partial charge in [-0.05, 0) is 36.4 Å². The third-order valence-electron chi connectivity index (χ3n) is 4.03. The van der Waals surface area contributed by atoms with Gasteiger partial charge in [0.1, 0.15) is 17.3 Å². The van der Waals surface area contributed by atoms with E-state index < -0.39 is 16.7 Å².